The molecule has 0 spiro atoms. The Bertz CT molecular complexity index is 1420. The summed E-state index contributed by atoms with van der Waals surface area (Å²) in [6.07, 6.45) is 3.36. The first-order valence-corrected chi connectivity index (χ1v) is 14.7. The normalized spacial score (nSPS) is 18.5. The molecule has 3 atom stereocenters. The number of amides is 2. The molecule has 212 valence electrons. The summed E-state index contributed by atoms with van der Waals surface area (Å²) in [5.41, 5.74) is 5.92. The van der Waals surface area contributed by atoms with Crippen molar-refractivity contribution in [2.24, 2.45) is 0 Å². The molecule has 0 bridgehead atoms. The Morgan fingerprint density at radius 2 is 1.66 bits per heavy atom. The van der Waals surface area contributed by atoms with Crippen LogP contribution < -0.4 is 10.6 Å². The molecule has 1 saturated heterocycles. The molecular formula is C32H34N4O4S. The predicted molar refractivity (Wildman–Crippen MR) is 159 cm³/mol. The minimum atomic E-state index is -0.559. The summed E-state index contributed by atoms with van der Waals surface area (Å²) in [5.74, 6) is 0.690. The van der Waals surface area contributed by atoms with E-state index in [0.29, 0.717) is 30.4 Å². The zero-order chi connectivity index (χ0) is 28.4. The van der Waals surface area contributed by atoms with Crippen LogP contribution in [0.4, 0.5) is 4.79 Å². The second-order valence-electron chi connectivity index (χ2n) is 9.73. The molecule has 2 heterocycles. The van der Waals surface area contributed by atoms with E-state index in [0.717, 1.165) is 33.4 Å². The van der Waals surface area contributed by atoms with E-state index in [1.165, 1.54) is 0 Å². The van der Waals surface area contributed by atoms with E-state index < -0.39 is 6.29 Å². The molecule has 8 nitrogen and oxygen atoms in total. The number of aliphatic hydroxyl groups is 1. The van der Waals surface area contributed by atoms with Crippen molar-refractivity contribution in [2.75, 3.05) is 12.3 Å². The van der Waals surface area contributed by atoms with Crippen molar-refractivity contribution < 1.29 is 19.4 Å². The van der Waals surface area contributed by atoms with Gasteiger partial charge in [0.05, 0.1) is 18.8 Å². The Hall–Kier alpha value is -3.76. The Kier molecular flexibility index (Phi) is 9.98. The van der Waals surface area contributed by atoms with Crippen LogP contribution in [0, 0.1) is 0 Å². The van der Waals surface area contributed by atoms with Crippen LogP contribution in [-0.4, -0.2) is 39.5 Å². The van der Waals surface area contributed by atoms with Crippen LogP contribution in [0.1, 0.15) is 48.0 Å². The van der Waals surface area contributed by atoms with Gasteiger partial charge in [0.1, 0.15) is 0 Å². The fourth-order valence-electron chi connectivity index (χ4n) is 4.68. The van der Waals surface area contributed by atoms with Gasteiger partial charge in [-0.1, -0.05) is 72.4 Å². The lowest BCUT2D eigenvalue weighted by Gasteiger charge is -2.36. The molecule has 9 heteroatoms. The number of rotatable bonds is 10. The zero-order valence-electron chi connectivity index (χ0n) is 22.9. The highest BCUT2D eigenvalue weighted by atomic mass is 32.2. The van der Waals surface area contributed by atoms with E-state index in [4.69, 9.17) is 9.47 Å². The van der Waals surface area contributed by atoms with Crippen molar-refractivity contribution in [1.82, 2.24) is 20.6 Å². The molecule has 41 heavy (non-hydrogen) atoms. The summed E-state index contributed by atoms with van der Waals surface area (Å²) >= 11 is 1.57. The molecule has 1 aliphatic rings. The number of nitrogens with one attached hydrogen (secondary N) is 2. The highest BCUT2D eigenvalue weighted by Crippen LogP contribution is 2.40. The van der Waals surface area contributed by atoms with E-state index in [1.807, 2.05) is 55.5 Å². The third-order valence-electron chi connectivity index (χ3n) is 6.76. The highest BCUT2D eigenvalue weighted by Gasteiger charge is 2.32. The minimum Gasteiger partial charge on any atom is -0.392 e. The first-order chi connectivity index (χ1) is 20.1. The predicted octanol–water partition coefficient (Wildman–Crippen LogP) is 5.79. The lowest BCUT2D eigenvalue weighted by Crippen LogP contribution is -2.34. The van der Waals surface area contributed by atoms with Gasteiger partial charge in [-0.15, -0.1) is 0 Å². The fraction of sp³-hybridized carbons (Fsp3) is 0.281. The molecule has 0 aliphatic carbocycles. The molecule has 3 N–H and O–H groups in total. The monoisotopic (exact) mass is 570 g/mol. The van der Waals surface area contributed by atoms with Crippen LogP contribution in [0.5, 0.6) is 0 Å². The van der Waals surface area contributed by atoms with E-state index in [9.17, 15) is 9.90 Å². The standard InChI is InChI=1S/C32H34N4O4S/c1-2-33-31(38)36-19-23-6-3-7-25(16-23)26-8-4-9-27(17-26)30-39-28(21-41-32-34-14-5-15-35-32)18-29(40-30)24-12-10-22(20-37)11-13-24/h3-17,28-30,37H,2,18-21H2,1H3,(H2,33,36,38)/t28-,29+,30+/m0/s1. The number of hydrogen-bond donors (Lipinski definition) is 3. The molecule has 3 aromatic carbocycles. The number of urea groups is 1. The summed E-state index contributed by atoms with van der Waals surface area (Å²) in [4.78, 5) is 20.5. The van der Waals surface area contributed by atoms with Crippen LogP contribution in [-0.2, 0) is 22.6 Å². The first-order valence-electron chi connectivity index (χ1n) is 13.7. The Labute approximate surface area is 244 Å². The minimum absolute atomic E-state index is 0.00384. The summed E-state index contributed by atoms with van der Waals surface area (Å²) in [6.45, 7) is 2.92. The molecule has 5 rings (SSSR count). The number of hydrogen-bond acceptors (Lipinski definition) is 7. The van der Waals surface area contributed by atoms with E-state index >= 15 is 0 Å². The Morgan fingerprint density at radius 1 is 0.902 bits per heavy atom. The average molecular weight is 571 g/mol. The maximum Gasteiger partial charge on any atom is 0.315 e. The second kappa shape index (κ2) is 14.2. The second-order valence-corrected chi connectivity index (χ2v) is 10.7. The maximum absolute atomic E-state index is 11.8. The molecule has 4 aromatic rings. The van der Waals surface area contributed by atoms with Gasteiger partial charge in [-0.05, 0) is 52.9 Å². The van der Waals surface area contributed by atoms with Gasteiger partial charge in [-0.25, -0.2) is 14.8 Å². The Balaban J connectivity index is 1.35. The molecule has 2 amide bonds. The molecule has 0 radical (unpaired) electrons. The molecule has 0 unspecified atom stereocenters. The smallest absolute Gasteiger partial charge is 0.315 e. The van der Waals surface area contributed by atoms with Gasteiger partial charge in [-0.2, -0.15) is 0 Å². The number of aliphatic hydroxyl groups excluding tert-OH is 1. The number of carbonyl (C=O) groups is 1. The molecule has 1 aromatic heterocycles. The van der Waals surface area contributed by atoms with Crippen molar-refractivity contribution >= 4 is 17.8 Å². The largest absolute Gasteiger partial charge is 0.392 e. The SMILES string of the molecule is CCNC(=O)NCc1cccc(-c2cccc([C@@H]3O[C@H](CSc4ncccn4)C[C@H](c4ccc(CO)cc4)O3)c2)c1. The summed E-state index contributed by atoms with van der Waals surface area (Å²) in [7, 11) is 0. The summed E-state index contributed by atoms with van der Waals surface area (Å²) < 4.78 is 13.0. The summed E-state index contributed by atoms with van der Waals surface area (Å²) in [6, 6.07) is 25.8. The molecular weight excluding hydrogens is 536 g/mol. The van der Waals surface area contributed by atoms with E-state index in [-0.39, 0.29) is 24.8 Å². The number of benzene rings is 3. The summed E-state index contributed by atoms with van der Waals surface area (Å²) in [5, 5.41) is 15.8. The van der Waals surface area contributed by atoms with Crippen molar-refractivity contribution in [3.63, 3.8) is 0 Å². The van der Waals surface area contributed by atoms with Crippen LogP contribution in [0.2, 0.25) is 0 Å². The van der Waals surface area contributed by atoms with Crippen LogP contribution in [0.25, 0.3) is 11.1 Å². The van der Waals surface area contributed by atoms with Crippen molar-refractivity contribution in [3.8, 4) is 11.1 Å². The first kappa shape index (κ1) is 28.8. The van der Waals surface area contributed by atoms with Gasteiger partial charge in [0.25, 0.3) is 0 Å². The van der Waals surface area contributed by atoms with Gasteiger partial charge < -0.3 is 25.2 Å². The lowest BCUT2D eigenvalue weighted by molar-refractivity contribution is -0.245. The number of thioether (sulfide) groups is 1. The van der Waals surface area contributed by atoms with Crippen molar-refractivity contribution in [3.05, 3.63) is 114 Å². The van der Waals surface area contributed by atoms with Gasteiger partial charge in [0.2, 0.25) is 0 Å². The maximum atomic E-state index is 11.8. The zero-order valence-corrected chi connectivity index (χ0v) is 23.7. The number of nitrogens with zero attached hydrogens (tertiary/aromatic N) is 2. The number of ether oxygens (including phenoxy) is 2. The average Bonchev–Trinajstić information content (AvgIpc) is 3.03. The molecule has 1 aliphatic heterocycles. The quantitative estimate of drug-likeness (QED) is 0.164. The Morgan fingerprint density at radius 3 is 2.41 bits per heavy atom. The van der Waals surface area contributed by atoms with E-state index in [1.54, 1.807) is 30.2 Å². The number of aromatic nitrogens is 2. The van der Waals surface area contributed by atoms with Gasteiger partial charge in [0.15, 0.2) is 11.4 Å². The molecule has 1 fully saturated rings. The van der Waals surface area contributed by atoms with Gasteiger partial charge >= 0.3 is 6.03 Å². The van der Waals surface area contributed by atoms with Crippen molar-refractivity contribution in [2.45, 2.75) is 50.2 Å². The lowest BCUT2D eigenvalue weighted by atomic mass is 9.99. The van der Waals surface area contributed by atoms with E-state index in [2.05, 4.69) is 44.9 Å². The third-order valence-corrected chi connectivity index (χ3v) is 7.77. The van der Waals surface area contributed by atoms with Crippen LogP contribution >= 0.6 is 11.8 Å². The third kappa shape index (κ3) is 7.92. The number of carbonyl (C=O) groups excluding carboxylic acids is 1. The van der Waals surface area contributed by atoms with Gasteiger partial charge in [-0.3, -0.25) is 0 Å². The topological polar surface area (TPSA) is 106 Å². The van der Waals surface area contributed by atoms with Crippen molar-refractivity contribution in [1.29, 1.82) is 0 Å². The molecule has 0 saturated carbocycles. The highest BCUT2D eigenvalue weighted by molar-refractivity contribution is 7.99. The van der Waals surface area contributed by atoms with Crippen LogP contribution in [0.15, 0.2) is 96.4 Å². The van der Waals surface area contributed by atoms with Gasteiger partial charge in [0, 0.05) is 43.2 Å². The fourth-order valence-corrected chi connectivity index (χ4v) is 5.50. The van der Waals surface area contributed by atoms with Crippen LogP contribution in [0.3, 0.4) is 0 Å².